The molecule has 2 aromatic carbocycles. The van der Waals surface area contributed by atoms with E-state index in [1.807, 2.05) is 65.4 Å². The van der Waals surface area contributed by atoms with Crippen LogP contribution in [0.3, 0.4) is 0 Å². The van der Waals surface area contributed by atoms with Crippen LogP contribution in [0.2, 0.25) is 0 Å². The summed E-state index contributed by atoms with van der Waals surface area (Å²) >= 11 is 0. The first-order valence-corrected chi connectivity index (χ1v) is 27.4. The third kappa shape index (κ3) is 20.4. The summed E-state index contributed by atoms with van der Waals surface area (Å²) in [6.45, 7) is 18.5. The molecule has 2 saturated heterocycles. The van der Waals surface area contributed by atoms with Crippen molar-refractivity contribution < 1.29 is 71.3 Å². The quantitative estimate of drug-likeness (QED) is 0.0951. The number of nitrogens with two attached hydrogens (primary N) is 2. The molecule has 0 unspecified atom stereocenters. The molecule has 5 heterocycles. The van der Waals surface area contributed by atoms with E-state index in [0.717, 1.165) is 75.5 Å². The minimum atomic E-state index is -4.06. The van der Waals surface area contributed by atoms with E-state index >= 15 is 0 Å². The first-order chi connectivity index (χ1) is 36.0. The van der Waals surface area contributed by atoms with Gasteiger partial charge in [-0.25, -0.2) is 34.2 Å². The highest BCUT2D eigenvalue weighted by atomic mass is 35.5. The number of ether oxygens (including phenoxy) is 4. The molecule has 436 valence electrons. The van der Waals surface area contributed by atoms with Crippen molar-refractivity contribution in [3.05, 3.63) is 72.6 Å². The van der Waals surface area contributed by atoms with Crippen molar-refractivity contribution in [1.82, 2.24) is 39.0 Å². The monoisotopic (exact) mass is 1180 g/mol. The number of fused-ring (bicyclic) bond motifs is 2. The van der Waals surface area contributed by atoms with Crippen molar-refractivity contribution in [3.8, 4) is 11.5 Å². The molecule has 2 fully saturated rings. The Kier molecular flexibility index (Phi) is 24.3. The fourth-order valence-electron chi connectivity index (χ4n) is 7.66. The topological polar surface area (TPSA) is 330 Å². The molecule has 7 N–H and O–H groups in total. The van der Waals surface area contributed by atoms with Gasteiger partial charge >= 0.3 is 32.6 Å². The van der Waals surface area contributed by atoms with Crippen LogP contribution >= 0.6 is 12.4 Å². The average molecular weight is 1180 g/mol. The first kappa shape index (κ1) is 66.4. The third-order valence-corrected chi connectivity index (χ3v) is 13.8. The summed E-state index contributed by atoms with van der Waals surface area (Å²) in [5, 5.41) is 5.17. The second-order valence-corrected chi connectivity index (χ2v) is 23.2. The van der Waals surface area contributed by atoms with Gasteiger partial charge in [0.2, 0.25) is 0 Å². The number of anilines is 3. The lowest BCUT2D eigenvalue weighted by Gasteiger charge is -2.24. The molecular weight excluding hydrogens is 1110 g/mol. The zero-order valence-corrected chi connectivity index (χ0v) is 49.1. The zero-order chi connectivity index (χ0) is 56.9. The largest absolute Gasteiger partial charge is 1.00 e. The molecule has 0 atom stereocenters. The summed E-state index contributed by atoms with van der Waals surface area (Å²) < 4.78 is 76.1. The highest BCUT2D eigenvalue weighted by molar-refractivity contribution is 7.87. The minimum Gasteiger partial charge on any atom is -1.00 e. The molecule has 0 radical (unpaired) electrons. The fourth-order valence-corrected chi connectivity index (χ4v) is 9.54. The molecule has 0 spiro atoms. The van der Waals surface area contributed by atoms with E-state index in [0.29, 0.717) is 42.3 Å². The minimum absolute atomic E-state index is 0. The van der Waals surface area contributed by atoms with E-state index in [9.17, 15) is 36.0 Å². The van der Waals surface area contributed by atoms with Crippen LogP contribution in [-0.2, 0) is 39.5 Å². The Morgan fingerprint density at radius 3 is 1.61 bits per heavy atom. The van der Waals surface area contributed by atoms with Crippen LogP contribution in [0.1, 0.15) is 65.5 Å². The number of carbonyl (C=O) groups is 4. The van der Waals surface area contributed by atoms with Crippen molar-refractivity contribution in [2.75, 3.05) is 94.4 Å². The number of primary amides is 2. The number of hydrogen-bond acceptors (Lipinski definition) is 20. The molecular formula is C49H72Cl2N14O12S2. The highest BCUT2D eigenvalue weighted by Crippen LogP contribution is 2.32. The van der Waals surface area contributed by atoms with Crippen molar-refractivity contribution >= 4 is 96.0 Å². The summed E-state index contributed by atoms with van der Waals surface area (Å²) in [7, 11) is -4.38. The van der Waals surface area contributed by atoms with Crippen LogP contribution in [0.5, 0.6) is 11.5 Å². The molecule has 0 saturated carbocycles. The summed E-state index contributed by atoms with van der Waals surface area (Å²) in [6.07, 6.45) is 5.28. The van der Waals surface area contributed by atoms with Crippen molar-refractivity contribution in [2.24, 2.45) is 11.5 Å². The number of pyridine rings is 1. The standard InChI is InChI=1S/C21H30N6O6S.C16H21N5O2.C12H19N3O4S.2ClH/c1-14-10-15-16(11-17(14)32-12-18(22)28)23-13-24-19(15)26-6-5-7-27(9-8-26)34(30,31)25-20(29)33-21(2,3)4;1-11-7-12-13(8-14(11)23-9-15(17)22)19-10-20-16(12)21-5-2-3-18-4-6-21;1-12(2,3)19-11(16)13-20(17,18)15-8-6-10(7-9-15)14(4)5;;/h10-11,13H,5-9,12H2,1-4H3,(H2,22,28)(H,25,29);7-8,10,18H,2-6,9H2,1H3,(H2,17,22);6-9H,1-5H3;2*1H. The zero-order valence-electron chi connectivity index (χ0n) is 45.9. The summed E-state index contributed by atoms with van der Waals surface area (Å²) in [5.74, 6) is 1.66. The lowest BCUT2D eigenvalue weighted by Crippen LogP contribution is -3.00. The number of nitrogens with one attached hydrogen (secondary N) is 3. The molecule has 5 aromatic rings. The van der Waals surface area contributed by atoms with Crippen LogP contribution in [0, 0.1) is 13.8 Å². The van der Waals surface area contributed by atoms with Gasteiger partial charge in [-0.3, -0.25) is 9.59 Å². The number of halogens is 2. The number of aromatic nitrogens is 5. The van der Waals surface area contributed by atoms with Gasteiger partial charge in [-0.1, -0.05) is 3.97 Å². The van der Waals surface area contributed by atoms with Crippen LogP contribution in [-0.4, -0.2) is 156 Å². The Hall–Kier alpha value is -6.85. The van der Waals surface area contributed by atoms with Gasteiger partial charge in [-0.05, 0) is 98.0 Å². The van der Waals surface area contributed by atoms with E-state index in [-0.39, 0.29) is 51.1 Å². The predicted octanol–water partition coefficient (Wildman–Crippen LogP) is -0.231. The molecule has 30 heteroatoms. The molecule has 0 bridgehead atoms. The molecule has 2 aliphatic rings. The smallest absolute Gasteiger partial charge is 0.474 e. The Morgan fingerprint density at radius 2 is 1.14 bits per heavy atom. The first-order valence-electron chi connectivity index (χ1n) is 24.5. The van der Waals surface area contributed by atoms with Crippen molar-refractivity contribution in [1.29, 1.82) is 0 Å². The lowest BCUT2D eigenvalue weighted by molar-refractivity contribution is -0.512. The normalized spacial score (nSPS) is 14.2. The van der Waals surface area contributed by atoms with Crippen LogP contribution in [0.25, 0.3) is 21.8 Å². The van der Waals surface area contributed by atoms with Crippen LogP contribution in [0.4, 0.5) is 26.9 Å². The second-order valence-electron chi connectivity index (χ2n) is 20.0. The van der Waals surface area contributed by atoms with E-state index in [1.54, 1.807) is 66.1 Å². The average Bonchev–Trinajstić information content (AvgIpc) is 3.76. The predicted molar refractivity (Wildman–Crippen MR) is 296 cm³/mol. The van der Waals surface area contributed by atoms with Gasteiger partial charge in [0.05, 0.1) is 11.0 Å². The van der Waals surface area contributed by atoms with Gasteiger partial charge in [-0.15, -0.1) is 20.8 Å². The van der Waals surface area contributed by atoms with Gasteiger partial charge in [0, 0.05) is 101 Å². The highest BCUT2D eigenvalue weighted by Gasteiger charge is 2.31. The Labute approximate surface area is 473 Å². The van der Waals surface area contributed by atoms with E-state index < -0.39 is 55.6 Å². The van der Waals surface area contributed by atoms with Gasteiger partial charge < -0.3 is 62.8 Å². The van der Waals surface area contributed by atoms with E-state index in [4.69, 9.17) is 30.4 Å². The Bertz CT molecular complexity index is 3120. The van der Waals surface area contributed by atoms with Gasteiger partial charge in [-0.2, -0.15) is 17.4 Å². The SMILES string of the molecule is CN(C)c1cc[n+](S(=O)(=O)NC(=O)OC(C)(C)C)cc1.Cc1cc2c(N3CCCN(S(=O)(=O)NC(=O)OC(C)(C)C)CC3)ncnc2cc1OCC(N)=O.Cc1cc2c(N3CCCNCC3)ncnc2cc1OCC(N)=O.Cl.[Cl-]. The number of nitrogens with zero attached hydrogens (tertiary/aromatic N) is 9. The van der Waals surface area contributed by atoms with Crippen LogP contribution in [0.15, 0.2) is 61.4 Å². The number of rotatable bonds is 13. The summed E-state index contributed by atoms with van der Waals surface area (Å²) in [6, 6.07) is 10.7. The van der Waals surface area contributed by atoms with E-state index in [1.165, 1.54) is 23.0 Å². The molecule has 79 heavy (non-hydrogen) atoms. The maximum Gasteiger partial charge on any atom is 0.474 e. The van der Waals surface area contributed by atoms with Crippen molar-refractivity contribution in [3.63, 3.8) is 0 Å². The van der Waals surface area contributed by atoms with Crippen LogP contribution < -0.4 is 66.8 Å². The Balaban J connectivity index is 0.000000321. The second kappa shape index (κ2) is 28.9. The number of benzene rings is 2. The molecule has 2 aliphatic heterocycles. The maximum absolute atomic E-state index is 12.7. The third-order valence-electron chi connectivity index (χ3n) is 11.1. The maximum atomic E-state index is 12.7. The van der Waals surface area contributed by atoms with Gasteiger partial charge in [0.15, 0.2) is 25.6 Å². The number of amides is 4. The lowest BCUT2D eigenvalue weighted by atomic mass is 10.1. The number of hydrogen-bond donors (Lipinski definition) is 5. The van der Waals surface area contributed by atoms with Gasteiger partial charge in [0.1, 0.15) is 47.0 Å². The molecule has 0 aliphatic carbocycles. The van der Waals surface area contributed by atoms with Gasteiger partial charge in [0.25, 0.3) is 11.8 Å². The summed E-state index contributed by atoms with van der Waals surface area (Å²) in [4.78, 5) is 69.1. The molecule has 26 nitrogen and oxygen atoms in total. The fraction of sp³-hybridized carbons (Fsp3) is 0.490. The van der Waals surface area contributed by atoms with Crippen molar-refractivity contribution in [2.45, 2.75) is 79.4 Å². The van der Waals surface area contributed by atoms with E-state index in [2.05, 4.69) is 30.2 Å². The molecule has 3 aromatic heterocycles. The Morgan fingerprint density at radius 1 is 0.671 bits per heavy atom. The molecule has 4 amide bonds. The number of carbonyl (C=O) groups excluding carboxylic acids is 4. The number of aryl methyl sites for hydroxylation is 2. The summed E-state index contributed by atoms with van der Waals surface area (Å²) in [5.41, 5.74) is 12.7. The molecule has 7 rings (SSSR count).